The van der Waals surface area contributed by atoms with Crippen LogP contribution in [0, 0.1) is 0 Å². The average Bonchev–Trinajstić information content (AvgIpc) is 3.50. The lowest BCUT2D eigenvalue weighted by molar-refractivity contribution is -0.136. The van der Waals surface area contributed by atoms with Crippen LogP contribution in [0.4, 0.5) is 0 Å². The molecule has 0 radical (unpaired) electrons. The van der Waals surface area contributed by atoms with Crippen LogP contribution < -0.4 is 15.6 Å². The van der Waals surface area contributed by atoms with E-state index in [4.69, 9.17) is 14.5 Å². The third kappa shape index (κ3) is 5.17. The minimum atomic E-state index is 0.0549. The van der Waals surface area contributed by atoms with Crippen molar-refractivity contribution in [2.45, 2.75) is 19.0 Å². The van der Waals surface area contributed by atoms with Gasteiger partial charge in [0, 0.05) is 58.6 Å². The molecule has 1 aromatic carbocycles. The number of ether oxygens (including phenoxy) is 2. The first-order valence-electron chi connectivity index (χ1n) is 11.4. The highest BCUT2D eigenvalue weighted by atomic mass is 16.5. The molecule has 2 aromatic heterocycles. The number of aromatic nitrogens is 2. The third-order valence-corrected chi connectivity index (χ3v) is 6.20. The lowest BCUT2D eigenvalue weighted by atomic mass is 10.1. The van der Waals surface area contributed by atoms with E-state index >= 15 is 0 Å². The molecule has 2 fully saturated rings. The summed E-state index contributed by atoms with van der Waals surface area (Å²) in [7, 11) is 1.55. The highest BCUT2D eigenvalue weighted by Gasteiger charge is 2.21. The van der Waals surface area contributed by atoms with E-state index in [-0.39, 0.29) is 12.5 Å². The minimum Gasteiger partial charge on any atom is -0.456 e. The normalized spacial score (nSPS) is 19.3. The summed E-state index contributed by atoms with van der Waals surface area (Å²) < 4.78 is 13.0. The Hall–Kier alpha value is -2.98. The summed E-state index contributed by atoms with van der Waals surface area (Å²) in [6.07, 6.45) is 5.09. The van der Waals surface area contributed by atoms with Gasteiger partial charge >= 0.3 is 0 Å². The van der Waals surface area contributed by atoms with Crippen molar-refractivity contribution in [2.24, 2.45) is 0 Å². The quantitative estimate of drug-likeness (QED) is 0.569. The Bertz CT molecular complexity index is 1090. The molecule has 2 aliphatic rings. The summed E-state index contributed by atoms with van der Waals surface area (Å²) >= 11 is 0. The number of hydrogen-bond donors (Lipinski definition) is 2. The van der Waals surface area contributed by atoms with Gasteiger partial charge in [-0.15, -0.1) is 0 Å². The van der Waals surface area contributed by atoms with Crippen LogP contribution in [0.25, 0.3) is 5.65 Å². The first-order chi connectivity index (χ1) is 16.2. The van der Waals surface area contributed by atoms with Gasteiger partial charge < -0.3 is 18.8 Å². The number of pyridine rings is 1. The SMILES string of the molecule is COCC(=O)N1CCN(Cc2cn3cc(Oc4ccc(C5CCNN5)cc4)ccc3n2)CC1. The molecule has 33 heavy (non-hydrogen) atoms. The number of benzene rings is 1. The van der Waals surface area contributed by atoms with Gasteiger partial charge in [-0.1, -0.05) is 12.1 Å². The number of hydrazine groups is 1. The van der Waals surface area contributed by atoms with E-state index in [1.54, 1.807) is 7.11 Å². The molecule has 2 saturated heterocycles. The molecule has 9 nitrogen and oxygen atoms in total. The number of carbonyl (C=O) groups excluding carboxylic acids is 1. The Morgan fingerprint density at radius 2 is 1.85 bits per heavy atom. The molecule has 2 aliphatic heterocycles. The zero-order valence-corrected chi connectivity index (χ0v) is 18.9. The van der Waals surface area contributed by atoms with Crippen LogP contribution in [0.5, 0.6) is 11.5 Å². The smallest absolute Gasteiger partial charge is 0.248 e. The Morgan fingerprint density at radius 1 is 1.06 bits per heavy atom. The van der Waals surface area contributed by atoms with E-state index in [0.29, 0.717) is 6.04 Å². The van der Waals surface area contributed by atoms with Gasteiger partial charge in [-0.05, 0) is 36.2 Å². The van der Waals surface area contributed by atoms with Gasteiger partial charge in [-0.25, -0.2) is 4.98 Å². The van der Waals surface area contributed by atoms with E-state index in [0.717, 1.165) is 68.5 Å². The lowest BCUT2D eigenvalue weighted by Gasteiger charge is -2.34. The maximum Gasteiger partial charge on any atom is 0.248 e. The number of methoxy groups -OCH3 is 1. The molecule has 1 atom stereocenters. The largest absolute Gasteiger partial charge is 0.456 e. The van der Waals surface area contributed by atoms with Gasteiger partial charge in [0.25, 0.3) is 0 Å². The van der Waals surface area contributed by atoms with Gasteiger partial charge in [-0.3, -0.25) is 20.5 Å². The van der Waals surface area contributed by atoms with Crippen molar-refractivity contribution in [2.75, 3.05) is 46.4 Å². The monoisotopic (exact) mass is 450 g/mol. The van der Waals surface area contributed by atoms with Crippen LogP contribution in [-0.4, -0.2) is 71.5 Å². The number of imidazole rings is 1. The van der Waals surface area contributed by atoms with E-state index in [1.807, 2.05) is 46.0 Å². The van der Waals surface area contributed by atoms with Crippen molar-refractivity contribution in [3.63, 3.8) is 0 Å². The molecule has 1 unspecified atom stereocenters. The van der Waals surface area contributed by atoms with Gasteiger partial charge in [0.05, 0.1) is 11.9 Å². The third-order valence-electron chi connectivity index (χ3n) is 6.20. The average molecular weight is 451 g/mol. The van der Waals surface area contributed by atoms with Gasteiger partial charge in [0.15, 0.2) is 0 Å². The van der Waals surface area contributed by atoms with E-state index in [2.05, 4.69) is 27.9 Å². The van der Waals surface area contributed by atoms with Crippen molar-refractivity contribution in [3.8, 4) is 11.5 Å². The number of carbonyl (C=O) groups is 1. The summed E-state index contributed by atoms with van der Waals surface area (Å²) in [6, 6.07) is 12.5. The summed E-state index contributed by atoms with van der Waals surface area (Å²) in [4.78, 5) is 20.9. The number of piperazine rings is 1. The van der Waals surface area contributed by atoms with Crippen molar-refractivity contribution < 1.29 is 14.3 Å². The minimum absolute atomic E-state index is 0.0549. The highest BCUT2D eigenvalue weighted by molar-refractivity contribution is 5.77. The topological polar surface area (TPSA) is 83.4 Å². The summed E-state index contributed by atoms with van der Waals surface area (Å²) in [5, 5.41) is 0. The van der Waals surface area contributed by atoms with Crippen LogP contribution in [-0.2, 0) is 16.1 Å². The fourth-order valence-electron chi connectivity index (χ4n) is 4.40. The van der Waals surface area contributed by atoms with Crippen LogP contribution in [0.2, 0.25) is 0 Å². The second kappa shape index (κ2) is 9.88. The summed E-state index contributed by atoms with van der Waals surface area (Å²) in [5.74, 6) is 1.63. The molecule has 9 heteroatoms. The van der Waals surface area contributed by atoms with Gasteiger partial charge in [-0.2, -0.15) is 0 Å². The number of rotatable bonds is 7. The first kappa shape index (κ1) is 21.8. The number of nitrogens with zero attached hydrogens (tertiary/aromatic N) is 4. The van der Waals surface area contributed by atoms with E-state index in [9.17, 15) is 4.79 Å². The van der Waals surface area contributed by atoms with Crippen LogP contribution in [0.1, 0.15) is 23.7 Å². The highest BCUT2D eigenvalue weighted by Crippen LogP contribution is 2.26. The Morgan fingerprint density at radius 3 is 2.58 bits per heavy atom. The van der Waals surface area contributed by atoms with E-state index < -0.39 is 0 Å². The molecule has 174 valence electrons. The van der Waals surface area contributed by atoms with Gasteiger partial charge in [0.1, 0.15) is 23.8 Å². The summed E-state index contributed by atoms with van der Waals surface area (Å²) in [6.45, 7) is 5.01. The van der Waals surface area contributed by atoms with Crippen molar-refractivity contribution in [1.82, 2.24) is 30.0 Å². The maximum absolute atomic E-state index is 12.0. The second-order valence-corrected chi connectivity index (χ2v) is 8.54. The predicted octanol–water partition coefficient (Wildman–Crippen LogP) is 1.96. The molecule has 0 spiro atoms. The van der Waals surface area contributed by atoms with Gasteiger partial charge in [0.2, 0.25) is 5.91 Å². The molecule has 5 rings (SSSR count). The lowest BCUT2D eigenvalue weighted by Crippen LogP contribution is -2.49. The first-order valence-corrected chi connectivity index (χ1v) is 11.4. The number of hydrogen-bond acceptors (Lipinski definition) is 7. The molecule has 0 aliphatic carbocycles. The Balaban J connectivity index is 1.19. The molecule has 3 aromatic rings. The zero-order chi connectivity index (χ0) is 22.6. The van der Waals surface area contributed by atoms with Crippen LogP contribution >= 0.6 is 0 Å². The molecule has 1 amide bonds. The molecule has 0 bridgehead atoms. The number of fused-ring (bicyclic) bond motifs is 1. The van der Waals surface area contributed by atoms with Crippen molar-refractivity contribution >= 4 is 11.6 Å². The molecule has 4 heterocycles. The maximum atomic E-state index is 12.0. The Labute approximate surface area is 193 Å². The fraction of sp³-hybridized carbons (Fsp3) is 0.417. The Kier molecular flexibility index (Phi) is 6.54. The number of amides is 1. The van der Waals surface area contributed by atoms with Crippen LogP contribution in [0.3, 0.4) is 0 Å². The second-order valence-electron chi connectivity index (χ2n) is 8.54. The predicted molar refractivity (Wildman–Crippen MR) is 124 cm³/mol. The molecular weight excluding hydrogens is 420 g/mol. The molecule has 2 N–H and O–H groups in total. The number of nitrogens with one attached hydrogen (secondary N) is 2. The van der Waals surface area contributed by atoms with E-state index in [1.165, 1.54) is 5.56 Å². The van der Waals surface area contributed by atoms with Crippen LogP contribution in [0.15, 0.2) is 48.8 Å². The standard InChI is InChI=1S/C24H30N6O3/c1-32-17-24(31)29-12-10-28(11-13-29)14-19-15-30-16-21(6-7-23(30)26-19)33-20-4-2-18(3-5-20)22-8-9-25-27-22/h2-7,15-16,22,25,27H,8-14,17H2,1H3. The zero-order valence-electron chi connectivity index (χ0n) is 18.9. The van der Waals surface area contributed by atoms with Crippen molar-refractivity contribution in [1.29, 1.82) is 0 Å². The fourth-order valence-corrected chi connectivity index (χ4v) is 4.40. The summed E-state index contributed by atoms with van der Waals surface area (Å²) in [5.41, 5.74) is 9.60. The molecular formula is C24H30N6O3. The molecule has 0 saturated carbocycles. The van der Waals surface area contributed by atoms with Crippen molar-refractivity contribution in [3.05, 3.63) is 60.0 Å².